The number of rotatable bonds is 6. The van der Waals surface area contributed by atoms with Crippen LogP contribution in [0.2, 0.25) is 0 Å². The maximum Gasteiger partial charge on any atom is 0.303 e. The first kappa shape index (κ1) is 13.1. The van der Waals surface area contributed by atoms with Crippen LogP contribution in [0.4, 0.5) is 0 Å². The summed E-state index contributed by atoms with van der Waals surface area (Å²) in [6.07, 6.45) is 5.35. The molecule has 0 spiro atoms. The molecule has 0 bridgehead atoms. The molecule has 0 atom stereocenters. The third-order valence-corrected chi connectivity index (χ3v) is 2.30. The van der Waals surface area contributed by atoms with Gasteiger partial charge in [0.05, 0.1) is 12.1 Å². The van der Waals surface area contributed by atoms with Gasteiger partial charge in [-0.25, -0.2) is 0 Å². The lowest BCUT2D eigenvalue weighted by molar-refractivity contribution is -0.140. The van der Waals surface area contributed by atoms with Gasteiger partial charge in [-0.3, -0.25) is 19.6 Å². The first-order valence-corrected chi connectivity index (χ1v) is 5.30. The monoisotopic (exact) mass is 237 g/mol. The molecular weight excluding hydrogens is 222 g/mol. The molecule has 0 aliphatic carbocycles. The number of aliphatic carboxylic acids is 1. The van der Waals surface area contributed by atoms with Gasteiger partial charge in [0, 0.05) is 45.0 Å². The summed E-state index contributed by atoms with van der Waals surface area (Å²) in [5.41, 5.74) is 0.811. The number of carboxylic acids is 1. The molecule has 0 aliphatic rings. The van der Waals surface area contributed by atoms with E-state index in [9.17, 15) is 9.59 Å². The van der Waals surface area contributed by atoms with Gasteiger partial charge in [-0.05, 0) is 0 Å². The van der Waals surface area contributed by atoms with Gasteiger partial charge in [0.25, 0.3) is 0 Å². The van der Waals surface area contributed by atoms with Crippen molar-refractivity contribution >= 4 is 11.9 Å². The molecule has 1 N–H and O–H groups in total. The van der Waals surface area contributed by atoms with E-state index in [1.54, 1.807) is 25.6 Å². The van der Waals surface area contributed by atoms with E-state index in [4.69, 9.17) is 5.11 Å². The summed E-state index contributed by atoms with van der Waals surface area (Å²) in [6.45, 7) is 0.511. The van der Waals surface area contributed by atoms with Crippen LogP contribution in [0.25, 0.3) is 0 Å². The van der Waals surface area contributed by atoms with E-state index in [2.05, 4.69) is 9.97 Å². The molecule has 0 aromatic carbocycles. The van der Waals surface area contributed by atoms with Crippen LogP contribution in [0.5, 0.6) is 0 Å². The second-order valence-corrected chi connectivity index (χ2v) is 3.66. The molecule has 1 rings (SSSR count). The summed E-state index contributed by atoms with van der Waals surface area (Å²) >= 11 is 0. The van der Waals surface area contributed by atoms with Crippen LogP contribution in [0.3, 0.4) is 0 Å². The predicted molar refractivity (Wildman–Crippen MR) is 60.2 cm³/mol. The molecular formula is C11H15N3O3. The highest BCUT2D eigenvalue weighted by molar-refractivity contribution is 5.80. The second-order valence-electron chi connectivity index (χ2n) is 3.66. The fourth-order valence-electron chi connectivity index (χ4n) is 1.27. The minimum atomic E-state index is -0.958. The Labute approximate surface area is 99.3 Å². The lowest BCUT2D eigenvalue weighted by Gasteiger charge is -2.16. The number of amides is 1. The molecule has 6 heteroatoms. The second kappa shape index (κ2) is 6.57. The zero-order valence-corrected chi connectivity index (χ0v) is 9.67. The van der Waals surface area contributed by atoms with Crippen molar-refractivity contribution in [3.05, 3.63) is 24.3 Å². The Kier molecular flexibility index (Phi) is 5.06. The molecule has 0 saturated carbocycles. The Balaban J connectivity index is 2.31. The Hall–Kier alpha value is -1.98. The van der Waals surface area contributed by atoms with E-state index in [-0.39, 0.29) is 18.7 Å². The number of carboxylic acid groups (broad SMARTS) is 1. The normalized spacial score (nSPS) is 9.94. The number of aromatic nitrogens is 2. The van der Waals surface area contributed by atoms with Crippen LogP contribution in [0, 0.1) is 0 Å². The van der Waals surface area contributed by atoms with Gasteiger partial charge in [-0.2, -0.15) is 0 Å². The van der Waals surface area contributed by atoms with Crippen LogP contribution in [0.15, 0.2) is 18.6 Å². The third kappa shape index (κ3) is 5.05. The molecule has 92 valence electrons. The van der Waals surface area contributed by atoms with Gasteiger partial charge >= 0.3 is 5.97 Å². The average molecular weight is 237 g/mol. The van der Waals surface area contributed by atoms with Crippen molar-refractivity contribution in [3.63, 3.8) is 0 Å². The van der Waals surface area contributed by atoms with Crippen LogP contribution in [-0.4, -0.2) is 45.4 Å². The lowest BCUT2D eigenvalue weighted by Crippen LogP contribution is -2.29. The van der Waals surface area contributed by atoms with E-state index in [1.165, 1.54) is 4.90 Å². The zero-order valence-electron chi connectivity index (χ0n) is 9.67. The van der Waals surface area contributed by atoms with Gasteiger partial charge in [0.2, 0.25) is 5.91 Å². The molecule has 0 unspecified atom stereocenters. The van der Waals surface area contributed by atoms with Crippen LogP contribution >= 0.6 is 0 Å². The number of hydrogen-bond donors (Lipinski definition) is 1. The van der Waals surface area contributed by atoms with Gasteiger partial charge < -0.3 is 10.0 Å². The number of carbonyl (C=O) groups is 2. The zero-order chi connectivity index (χ0) is 12.7. The highest BCUT2D eigenvalue weighted by Gasteiger charge is 2.10. The number of likely N-dealkylation sites (N-methyl/N-ethyl adjacent to an activating group) is 1. The molecule has 17 heavy (non-hydrogen) atoms. The quantitative estimate of drug-likeness (QED) is 0.771. The summed E-state index contributed by atoms with van der Waals surface area (Å²) in [7, 11) is 1.65. The molecule has 1 aromatic rings. The van der Waals surface area contributed by atoms with Crippen LogP contribution < -0.4 is 0 Å². The van der Waals surface area contributed by atoms with Gasteiger partial charge in [-0.1, -0.05) is 0 Å². The highest BCUT2D eigenvalue weighted by Crippen LogP contribution is 1.99. The summed E-state index contributed by atoms with van der Waals surface area (Å²) in [5, 5.41) is 8.46. The topological polar surface area (TPSA) is 83.4 Å². The van der Waals surface area contributed by atoms with Gasteiger partial charge in [0.1, 0.15) is 0 Å². The van der Waals surface area contributed by atoms with Crippen molar-refractivity contribution in [3.8, 4) is 0 Å². The van der Waals surface area contributed by atoms with Crippen molar-refractivity contribution in [2.24, 2.45) is 0 Å². The van der Waals surface area contributed by atoms with Gasteiger partial charge in [-0.15, -0.1) is 0 Å². The Morgan fingerprint density at radius 2 is 2.12 bits per heavy atom. The molecule has 0 aliphatic heterocycles. The number of carbonyl (C=O) groups excluding carboxylic acids is 1. The molecule has 0 fully saturated rings. The standard InChI is InChI=1S/C11H15N3O3/c1-14(10(15)2-3-11(16)17)7-4-9-8-12-5-6-13-9/h5-6,8H,2-4,7H2,1H3,(H,16,17). The van der Waals surface area contributed by atoms with E-state index >= 15 is 0 Å². The van der Waals surface area contributed by atoms with Crippen molar-refractivity contribution in [2.75, 3.05) is 13.6 Å². The maximum absolute atomic E-state index is 11.5. The van der Waals surface area contributed by atoms with E-state index in [0.717, 1.165) is 5.69 Å². The number of hydrogen-bond acceptors (Lipinski definition) is 4. The van der Waals surface area contributed by atoms with Crippen molar-refractivity contribution in [1.82, 2.24) is 14.9 Å². The van der Waals surface area contributed by atoms with Crippen LogP contribution in [-0.2, 0) is 16.0 Å². The van der Waals surface area contributed by atoms with Crippen molar-refractivity contribution in [2.45, 2.75) is 19.3 Å². The molecule has 1 aromatic heterocycles. The summed E-state index contributed by atoms with van der Waals surface area (Å²) in [6, 6.07) is 0. The molecule has 0 radical (unpaired) electrons. The van der Waals surface area contributed by atoms with E-state index < -0.39 is 5.97 Å². The third-order valence-electron chi connectivity index (χ3n) is 2.30. The minimum absolute atomic E-state index is 0.0340. The number of nitrogens with zero attached hydrogens (tertiary/aromatic N) is 3. The molecule has 1 amide bonds. The van der Waals surface area contributed by atoms with E-state index in [0.29, 0.717) is 13.0 Å². The molecule has 0 saturated heterocycles. The first-order chi connectivity index (χ1) is 8.09. The van der Waals surface area contributed by atoms with Crippen molar-refractivity contribution < 1.29 is 14.7 Å². The largest absolute Gasteiger partial charge is 0.481 e. The van der Waals surface area contributed by atoms with Crippen molar-refractivity contribution in [1.29, 1.82) is 0 Å². The van der Waals surface area contributed by atoms with Crippen LogP contribution in [0.1, 0.15) is 18.5 Å². The fraction of sp³-hybridized carbons (Fsp3) is 0.455. The summed E-state index contributed by atoms with van der Waals surface area (Å²) in [4.78, 5) is 31.3. The van der Waals surface area contributed by atoms with Gasteiger partial charge in [0.15, 0.2) is 0 Å². The fourth-order valence-corrected chi connectivity index (χ4v) is 1.27. The molecule has 6 nitrogen and oxygen atoms in total. The van der Waals surface area contributed by atoms with E-state index in [1.807, 2.05) is 0 Å². The Morgan fingerprint density at radius 1 is 1.35 bits per heavy atom. The highest BCUT2D eigenvalue weighted by atomic mass is 16.4. The maximum atomic E-state index is 11.5. The SMILES string of the molecule is CN(CCc1cnccn1)C(=O)CCC(=O)O. The smallest absolute Gasteiger partial charge is 0.303 e. The Bertz CT molecular complexity index is 381. The lowest BCUT2D eigenvalue weighted by atomic mass is 10.2. The molecule has 1 heterocycles. The summed E-state index contributed by atoms with van der Waals surface area (Å²) < 4.78 is 0. The predicted octanol–water partition coefficient (Wildman–Crippen LogP) is 0.342. The average Bonchev–Trinajstić information content (AvgIpc) is 2.34. The summed E-state index contributed by atoms with van der Waals surface area (Å²) in [5.74, 6) is -1.13. The Morgan fingerprint density at radius 3 is 2.71 bits per heavy atom. The minimum Gasteiger partial charge on any atom is -0.481 e. The first-order valence-electron chi connectivity index (χ1n) is 5.30.